The van der Waals surface area contributed by atoms with E-state index in [1.807, 2.05) is 25.1 Å². The molecule has 7 heteroatoms. The molecule has 0 spiro atoms. The molecule has 0 radical (unpaired) electrons. The predicted molar refractivity (Wildman–Crippen MR) is 109 cm³/mol. The van der Waals surface area contributed by atoms with Crippen LogP contribution in [0.25, 0.3) is 0 Å². The van der Waals surface area contributed by atoms with Crippen LogP contribution < -0.4 is 20.1 Å². The third-order valence-corrected chi connectivity index (χ3v) is 4.68. The first-order valence-corrected chi connectivity index (χ1v) is 9.16. The summed E-state index contributed by atoms with van der Waals surface area (Å²) in [7, 11) is 0. The Balaban J connectivity index is 1.43. The predicted octanol–water partition coefficient (Wildman–Crippen LogP) is 4.81. The average molecular weight is 396 g/mol. The number of carbonyl (C=O) groups is 1. The van der Waals surface area contributed by atoms with Gasteiger partial charge in [0.15, 0.2) is 11.5 Å². The van der Waals surface area contributed by atoms with Crippen molar-refractivity contribution >= 4 is 34.7 Å². The van der Waals surface area contributed by atoms with Gasteiger partial charge in [-0.05, 0) is 48.9 Å². The van der Waals surface area contributed by atoms with E-state index in [2.05, 4.69) is 15.6 Å². The van der Waals surface area contributed by atoms with E-state index >= 15 is 0 Å². The fourth-order valence-electron chi connectivity index (χ4n) is 2.74. The number of rotatable bonds is 4. The van der Waals surface area contributed by atoms with Gasteiger partial charge in [0.05, 0.1) is 5.56 Å². The SMILES string of the molecule is Cc1ccc(Nc2ccc(C(=O)Nc3ccc4c(c3)OCCO4)cn2)cc1Cl. The minimum absolute atomic E-state index is 0.255. The molecule has 0 saturated carbocycles. The number of aromatic nitrogens is 1. The van der Waals surface area contributed by atoms with E-state index < -0.39 is 0 Å². The van der Waals surface area contributed by atoms with Crippen molar-refractivity contribution in [2.75, 3.05) is 23.8 Å². The van der Waals surface area contributed by atoms with Crippen LogP contribution in [0.15, 0.2) is 54.7 Å². The van der Waals surface area contributed by atoms with Crippen LogP contribution in [-0.2, 0) is 0 Å². The highest BCUT2D eigenvalue weighted by Crippen LogP contribution is 2.32. The molecule has 1 amide bonds. The Kier molecular flexibility index (Phi) is 5.04. The number of benzene rings is 2. The molecule has 6 nitrogen and oxygen atoms in total. The average Bonchev–Trinajstić information content (AvgIpc) is 2.71. The Morgan fingerprint density at radius 2 is 1.79 bits per heavy atom. The summed E-state index contributed by atoms with van der Waals surface area (Å²) in [6.07, 6.45) is 1.52. The van der Waals surface area contributed by atoms with Crippen LogP contribution in [0.2, 0.25) is 5.02 Å². The number of nitrogens with one attached hydrogen (secondary N) is 2. The summed E-state index contributed by atoms with van der Waals surface area (Å²) in [5.74, 6) is 1.67. The van der Waals surface area contributed by atoms with Gasteiger partial charge in [0.25, 0.3) is 5.91 Å². The lowest BCUT2D eigenvalue weighted by molar-refractivity contribution is 0.102. The van der Waals surface area contributed by atoms with Gasteiger partial charge in [-0.3, -0.25) is 4.79 Å². The van der Waals surface area contributed by atoms with Gasteiger partial charge in [-0.25, -0.2) is 4.98 Å². The molecule has 4 rings (SSSR count). The third-order valence-electron chi connectivity index (χ3n) is 4.27. The van der Waals surface area contributed by atoms with E-state index in [-0.39, 0.29) is 5.91 Å². The first-order chi connectivity index (χ1) is 13.6. The lowest BCUT2D eigenvalue weighted by atomic mass is 10.2. The minimum Gasteiger partial charge on any atom is -0.486 e. The molecular weight excluding hydrogens is 378 g/mol. The maximum Gasteiger partial charge on any atom is 0.257 e. The van der Waals surface area contributed by atoms with E-state index in [1.54, 1.807) is 30.3 Å². The Hall–Kier alpha value is -3.25. The van der Waals surface area contributed by atoms with E-state index in [1.165, 1.54) is 6.20 Å². The van der Waals surface area contributed by atoms with E-state index in [0.29, 0.717) is 46.8 Å². The molecule has 2 heterocycles. The summed E-state index contributed by atoms with van der Waals surface area (Å²) in [4.78, 5) is 16.8. The van der Waals surface area contributed by atoms with Crippen molar-refractivity contribution in [1.29, 1.82) is 0 Å². The van der Waals surface area contributed by atoms with E-state index in [9.17, 15) is 4.79 Å². The monoisotopic (exact) mass is 395 g/mol. The van der Waals surface area contributed by atoms with Crippen LogP contribution in [-0.4, -0.2) is 24.1 Å². The lowest BCUT2D eigenvalue weighted by Gasteiger charge is -2.19. The fourth-order valence-corrected chi connectivity index (χ4v) is 2.93. The van der Waals surface area contributed by atoms with Crippen LogP contribution in [0.5, 0.6) is 11.5 Å². The van der Waals surface area contributed by atoms with Crippen LogP contribution in [0.1, 0.15) is 15.9 Å². The molecule has 0 atom stereocenters. The van der Waals surface area contributed by atoms with Crippen molar-refractivity contribution in [3.63, 3.8) is 0 Å². The summed E-state index contributed by atoms with van der Waals surface area (Å²) in [5.41, 5.74) is 2.91. The van der Waals surface area contributed by atoms with Crippen molar-refractivity contribution in [2.24, 2.45) is 0 Å². The molecule has 0 unspecified atom stereocenters. The molecule has 0 fully saturated rings. The normalized spacial score (nSPS) is 12.4. The van der Waals surface area contributed by atoms with Gasteiger partial charge < -0.3 is 20.1 Å². The maximum atomic E-state index is 12.5. The van der Waals surface area contributed by atoms with Gasteiger partial charge in [-0.2, -0.15) is 0 Å². The van der Waals surface area contributed by atoms with Crippen molar-refractivity contribution in [3.8, 4) is 11.5 Å². The largest absolute Gasteiger partial charge is 0.486 e. The molecule has 0 aliphatic carbocycles. The van der Waals surface area contributed by atoms with Gasteiger partial charge in [-0.1, -0.05) is 17.7 Å². The summed E-state index contributed by atoms with van der Waals surface area (Å²) >= 11 is 6.14. The smallest absolute Gasteiger partial charge is 0.257 e. The molecule has 2 N–H and O–H groups in total. The fraction of sp³-hybridized carbons (Fsp3) is 0.143. The van der Waals surface area contributed by atoms with Gasteiger partial charge in [0.2, 0.25) is 0 Å². The third kappa shape index (κ3) is 4.02. The summed E-state index contributed by atoms with van der Waals surface area (Å²) in [6.45, 7) is 2.97. The van der Waals surface area contributed by atoms with Crippen molar-refractivity contribution < 1.29 is 14.3 Å². The number of hydrogen-bond donors (Lipinski definition) is 2. The molecule has 28 heavy (non-hydrogen) atoms. The quantitative estimate of drug-likeness (QED) is 0.663. The highest BCUT2D eigenvalue weighted by Gasteiger charge is 2.13. The molecule has 1 aliphatic heterocycles. The number of pyridine rings is 1. The Morgan fingerprint density at radius 3 is 2.54 bits per heavy atom. The Morgan fingerprint density at radius 1 is 1.00 bits per heavy atom. The lowest BCUT2D eigenvalue weighted by Crippen LogP contribution is -2.16. The highest BCUT2D eigenvalue weighted by molar-refractivity contribution is 6.31. The number of hydrogen-bond acceptors (Lipinski definition) is 5. The highest BCUT2D eigenvalue weighted by atomic mass is 35.5. The van der Waals surface area contributed by atoms with Gasteiger partial charge >= 0.3 is 0 Å². The molecular formula is C21H18ClN3O3. The van der Waals surface area contributed by atoms with Crippen molar-refractivity contribution in [3.05, 3.63) is 70.9 Å². The van der Waals surface area contributed by atoms with Crippen LogP contribution in [0, 0.1) is 6.92 Å². The zero-order valence-corrected chi connectivity index (χ0v) is 15.9. The Labute approximate surface area is 167 Å². The molecule has 0 saturated heterocycles. The molecule has 1 aromatic heterocycles. The molecule has 3 aromatic rings. The van der Waals surface area contributed by atoms with Gasteiger partial charge in [0, 0.05) is 28.7 Å². The topological polar surface area (TPSA) is 72.5 Å². The first-order valence-electron chi connectivity index (χ1n) is 8.79. The number of anilines is 3. The van der Waals surface area contributed by atoms with Gasteiger partial charge in [0.1, 0.15) is 19.0 Å². The number of carbonyl (C=O) groups excluding carboxylic acids is 1. The first kappa shape index (κ1) is 18.1. The number of aryl methyl sites for hydroxylation is 1. The van der Waals surface area contributed by atoms with Gasteiger partial charge in [-0.15, -0.1) is 0 Å². The number of halogens is 1. The van der Waals surface area contributed by atoms with Crippen LogP contribution in [0.3, 0.4) is 0 Å². The standard InChI is InChI=1S/C21H18ClN3O3/c1-13-2-4-15(10-17(13)22)24-20-7-3-14(12-23-20)21(26)25-16-5-6-18-19(11-16)28-9-8-27-18/h2-7,10-12H,8-9H2,1H3,(H,23,24)(H,25,26). The molecule has 2 aromatic carbocycles. The summed E-state index contributed by atoms with van der Waals surface area (Å²) in [6, 6.07) is 14.4. The Bertz CT molecular complexity index is 1020. The molecule has 142 valence electrons. The zero-order chi connectivity index (χ0) is 19.5. The van der Waals surface area contributed by atoms with Crippen LogP contribution >= 0.6 is 11.6 Å². The van der Waals surface area contributed by atoms with E-state index in [0.717, 1.165) is 11.3 Å². The van der Waals surface area contributed by atoms with Crippen molar-refractivity contribution in [2.45, 2.75) is 6.92 Å². The second kappa shape index (κ2) is 7.78. The molecule has 0 bridgehead atoms. The minimum atomic E-state index is -0.255. The molecule has 1 aliphatic rings. The second-order valence-electron chi connectivity index (χ2n) is 6.33. The summed E-state index contributed by atoms with van der Waals surface area (Å²) in [5, 5.41) is 6.68. The number of nitrogens with zero attached hydrogens (tertiary/aromatic N) is 1. The number of fused-ring (bicyclic) bond motifs is 1. The second-order valence-corrected chi connectivity index (χ2v) is 6.74. The van der Waals surface area contributed by atoms with Crippen LogP contribution in [0.4, 0.5) is 17.2 Å². The maximum absolute atomic E-state index is 12.5. The number of ether oxygens (including phenoxy) is 2. The summed E-state index contributed by atoms with van der Waals surface area (Å²) < 4.78 is 11.0. The zero-order valence-electron chi connectivity index (χ0n) is 15.2. The number of amides is 1. The van der Waals surface area contributed by atoms with E-state index in [4.69, 9.17) is 21.1 Å². The van der Waals surface area contributed by atoms with Crippen molar-refractivity contribution in [1.82, 2.24) is 4.98 Å².